The summed E-state index contributed by atoms with van der Waals surface area (Å²) in [6.07, 6.45) is 3.44. The summed E-state index contributed by atoms with van der Waals surface area (Å²) in [5.74, 6) is -1.16. The van der Waals surface area contributed by atoms with Gasteiger partial charge in [-0.2, -0.15) is 0 Å². The number of aliphatic hydroxyl groups is 2. The van der Waals surface area contributed by atoms with Crippen LogP contribution in [0.4, 0.5) is 0 Å². The summed E-state index contributed by atoms with van der Waals surface area (Å²) in [5, 5.41) is 16.0. The average Bonchev–Trinajstić information content (AvgIpc) is 2.84. The van der Waals surface area contributed by atoms with Crippen molar-refractivity contribution < 1.29 is 24.5 Å². The fraction of sp³-hybridized carbons (Fsp3) is 0.200. The molecule has 0 aliphatic carbocycles. The number of benzene rings is 1. The van der Waals surface area contributed by atoms with Crippen molar-refractivity contribution in [3.8, 4) is 0 Å². The Kier molecular flexibility index (Phi) is 9.47. The highest BCUT2D eigenvalue weighted by atomic mass is 16.6. The Morgan fingerprint density at radius 2 is 1.65 bits per heavy atom. The van der Waals surface area contributed by atoms with Gasteiger partial charge in [-0.05, 0) is 12.5 Å². The first-order valence-electron chi connectivity index (χ1n) is 5.89. The predicted octanol–water partition coefficient (Wildman–Crippen LogP) is 1.32. The van der Waals surface area contributed by atoms with Crippen molar-refractivity contribution in [1.82, 2.24) is 0 Å². The fourth-order valence-electron chi connectivity index (χ4n) is 0.892. The molecular weight excluding hydrogens is 260 g/mol. The van der Waals surface area contributed by atoms with Crippen LogP contribution in [0.25, 0.3) is 6.08 Å². The van der Waals surface area contributed by atoms with Crippen LogP contribution in [0.2, 0.25) is 0 Å². The van der Waals surface area contributed by atoms with Crippen molar-refractivity contribution in [3.63, 3.8) is 0 Å². The van der Waals surface area contributed by atoms with Gasteiger partial charge in [0, 0.05) is 12.2 Å². The number of rotatable bonds is 2. The van der Waals surface area contributed by atoms with Gasteiger partial charge in [-0.25, -0.2) is 9.59 Å². The van der Waals surface area contributed by atoms with Crippen LogP contribution in [0.1, 0.15) is 12.5 Å². The Bertz CT molecular complexity index is 433. The highest BCUT2D eigenvalue weighted by molar-refractivity contribution is 6.04. The van der Waals surface area contributed by atoms with E-state index < -0.39 is 18.0 Å². The molecule has 1 unspecified atom stereocenters. The van der Waals surface area contributed by atoms with Crippen LogP contribution in [-0.4, -0.2) is 34.9 Å². The monoisotopic (exact) mass is 278 g/mol. The Morgan fingerprint density at radius 3 is 1.85 bits per heavy atom. The van der Waals surface area contributed by atoms with E-state index in [4.69, 9.17) is 10.2 Å². The third kappa shape index (κ3) is 9.76. The third-order valence-electron chi connectivity index (χ3n) is 1.86. The molecule has 5 heteroatoms. The van der Waals surface area contributed by atoms with Crippen LogP contribution < -0.4 is 0 Å². The highest BCUT2D eigenvalue weighted by Gasteiger charge is 2.10. The van der Waals surface area contributed by atoms with E-state index >= 15 is 0 Å². The van der Waals surface area contributed by atoms with Gasteiger partial charge in [0.2, 0.25) is 0 Å². The van der Waals surface area contributed by atoms with Gasteiger partial charge in [0.15, 0.2) is 0 Å². The molecule has 5 nitrogen and oxygen atoms in total. The molecule has 0 saturated carbocycles. The summed E-state index contributed by atoms with van der Waals surface area (Å²) in [6.45, 7) is 5.02. The SMILES string of the molecule is C=Cc1ccccc1.CC(O)CO.O=C1C=CC(=O)O1. The van der Waals surface area contributed by atoms with E-state index in [0.29, 0.717) is 0 Å². The maximum atomic E-state index is 9.92. The molecule has 0 saturated heterocycles. The third-order valence-corrected chi connectivity index (χ3v) is 1.86. The zero-order valence-corrected chi connectivity index (χ0v) is 11.2. The van der Waals surface area contributed by atoms with Gasteiger partial charge in [0.1, 0.15) is 0 Å². The van der Waals surface area contributed by atoms with Gasteiger partial charge in [-0.1, -0.05) is 43.0 Å². The van der Waals surface area contributed by atoms with Crippen LogP contribution in [0.5, 0.6) is 0 Å². The number of hydrogen-bond donors (Lipinski definition) is 2. The van der Waals surface area contributed by atoms with Gasteiger partial charge < -0.3 is 14.9 Å². The van der Waals surface area contributed by atoms with Crippen molar-refractivity contribution in [1.29, 1.82) is 0 Å². The summed E-state index contributed by atoms with van der Waals surface area (Å²) < 4.78 is 3.97. The lowest BCUT2D eigenvalue weighted by molar-refractivity contribution is -0.150. The summed E-state index contributed by atoms with van der Waals surface area (Å²) >= 11 is 0. The van der Waals surface area contributed by atoms with E-state index in [2.05, 4.69) is 11.3 Å². The molecule has 0 radical (unpaired) electrons. The van der Waals surface area contributed by atoms with Gasteiger partial charge in [-0.15, -0.1) is 0 Å². The first-order chi connectivity index (χ1) is 9.49. The largest absolute Gasteiger partial charge is 0.394 e. The lowest BCUT2D eigenvalue weighted by atomic mass is 10.2. The topological polar surface area (TPSA) is 83.8 Å². The van der Waals surface area contributed by atoms with Gasteiger partial charge in [0.25, 0.3) is 0 Å². The van der Waals surface area contributed by atoms with Crippen molar-refractivity contribution in [2.75, 3.05) is 6.61 Å². The lowest BCUT2D eigenvalue weighted by Crippen LogP contribution is -2.03. The van der Waals surface area contributed by atoms with E-state index in [1.54, 1.807) is 0 Å². The summed E-state index contributed by atoms with van der Waals surface area (Å²) in [6, 6.07) is 10.0. The molecule has 0 aromatic heterocycles. The number of ether oxygens (including phenoxy) is 1. The minimum Gasteiger partial charge on any atom is -0.394 e. The standard InChI is InChI=1S/C8H8.C4H2O3.C3H8O2/c1-2-8-6-4-3-5-7-8;5-3-1-2-4(6)7-3;1-3(5)2-4/h2-7H,1H2;1-2H;3-5H,2H2,1H3. The quantitative estimate of drug-likeness (QED) is 0.629. The number of carbonyl (C=O) groups excluding carboxylic acids is 2. The van der Waals surface area contributed by atoms with E-state index in [-0.39, 0.29) is 6.61 Å². The highest BCUT2D eigenvalue weighted by Crippen LogP contribution is 1.97. The van der Waals surface area contributed by atoms with Crippen molar-refractivity contribution in [2.24, 2.45) is 0 Å². The van der Waals surface area contributed by atoms with E-state index in [9.17, 15) is 9.59 Å². The van der Waals surface area contributed by atoms with Crippen LogP contribution in [0, 0.1) is 0 Å². The zero-order valence-electron chi connectivity index (χ0n) is 11.2. The molecule has 1 heterocycles. The molecule has 108 valence electrons. The van der Waals surface area contributed by atoms with Crippen LogP contribution in [-0.2, 0) is 14.3 Å². The fourth-order valence-corrected chi connectivity index (χ4v) is 0.892. The van der Waals surface area contributed by atoms with Crippen LogP contribution in [0.15, 0.2) is 49.1 Å². The second-order valence-corrected chi connectivity index (χ2v) is 3.72. The maximum absolute atomic E-state index is 9.92. The molecule has 1 atom stereocenters. The first-order valence-corrected chi connectivity index (χ1v) is 5.89. The molecule has 1 aromatic carbocycles. The maximum Gasteiger partial charge on any atom is 0.338 e. The number of esters is 2. The lowest BCUT2D eigenvalue weighted by Gasteiger charge is -1.90. The molecule has 0 bridgehead atoms. The number of carbonyl (C=O) groups is 2. The zero-order chi connectivity index (χ0) is 15.4. The smallest absolute Gasteiger partial charge is 0.338 e. The van der Waals surface area contributed by atoms with Gasteiger partial charge in [0.05, 0.1) is 12.7 Å². The normalized spacial score (nSPS) is 13.3. The molecule has 0 amide bonds. The second kappa shape index (κ2) is 10.7. The number of cyclic esters (lactones) is 2. The minimum absolute atomic E-state index is 0.139. The minimum atomic E-state index is -0.579. The molecule has 1 aliphatic heterocycles. The number of hydrogen-bond acceptors (Lipinski definition) is 5. The van der Waals surface area contributed by atoms with E-state index in [0.717, 1.165) is 12.2 Å². The summed E-state index contributed by atoms with van der Waals surface area (Å²) in [4.78, 5) is 19.8. The Hall–Kier alpha value is -2.24. The van der Waals surface area contributed by atoms with Crippen molar-refractivity contribution in [2.45, 2.75) is 13.0 Å². The molecule has 0 fully saturated rings. The van der Waals surface area contributed by atoms with Crippen molar-refractivity contribution >= 4 is 18.0 Å². The first kappa shape index (κ1) is 17.8. The van der Waals surface area contributed by atoms with E-state index in [1.807, 2.05) is 36.4 Å². The van der Waals surface area contributed by atoms with Gasteiger partial charge in [-0.3, -0.25) is 0 Å². The predicted molar refractivity (Wildman–Crippen MR) is 75.5 cm³/mol. The molecule has 20 heavy (non-hydrogen) atoms. The Labute approximate surface area is 117 Å². The number of aliphatic hydroxyl groups excluding tert-OH is 2. The summed E-state index contributed by atoms with van der Waals surface area (Å²) in [7, 11) is 0. The molecule has 2 rings (SSSR count). The Morgan fingerprint density at radius 1 is 1.20 bits per heavy atom. The van der Waals surface area contributed by atoms with Crippen LogP contribution >= 0.6 is 0 Å². The molecule has 1 aromatic rings. The molecule has 2 N–H and O–H groups in total. The molecule has 1 aliphatic rings. The summed E-state index contributed by atoms with van der Waals surface area (Å²) in [5.41, 5.74) is 1.17. The average molecular weight is 278 g/mol. The second-order valence-electron chi connectivity index (χ2n) is 3.72. The van der Waals surface area contributed by atoms with Gasteiger partial charge >= 0.3 is 11.9 Å². The van der Waals surface area contributed by atoms with Crippen LogP contribution in [0.3, 0.4) is 0 Å². The molecule has 0 spiro atoms. The van der Waals surface area contributed by atoms with Crippen molar-refractivity contribution in [3.05, 3.63) is 54.6 Å². The Balaban J connectivity index is 0.000000280. The van der Waals surface area contributed by atoms with E-state index in [1.165, 1.54) is 12.5 Å². The molecular formula is C15H18O5.